The minimum atomic E-state index is -3.31. The van der Waals surface area contributed by atoms with Gasteiger partial charge < -0.3 is 4.74 Å². The largest absolute Gasteiger partial charge is 0.384 e. The lowest BCUT2D eigenvalue weighted by Crippen LogP contribution is -2.46. The lowest BCUT2D eigenvalue weighted by atomic mass is 10.0. The Labute approximate surface area is 119 Å². The predicted octanol–water partition coefficient (Wildman–Crippen LogP) is 1.35. The number of methoxy groups -OCH3 is 1. The van der Waals surface area contributed by atoms with Gasteiger partial charge in [-0.1, -0.05) is 22.9 Å². The fourth-order valence-corrected chi connectivity index (χ4v) is 3.94. The highest BCUT2D eigenvalue weighted by Crippen LogP contribution is 2.17. The predicted molar refractivity (Wildman–Crippen MR) is 76.1 cm³/mol. The molecule has 1 heterocycles. The van der Waals surface area contributed by atoms with Crippen LogP contribution in [0.3, 0.4) is 0 Å². The molecule has 1 N–H and O–H groups in total. The Morgan fingerprint density at radius 2 is 2.28 bits per heavy atom. The summed E-state index contributed by atoms with van der Waals surface area (Å²) in [6.07, 6.45) is 2.78. The van der Waals surface area contributed by atoms with Crippen molar-refractivity contribution >= 4 is 26.1 Å². The Morgan fingerprint density at radius 1 is 1.56 bits per heavy atom. The third kappa shape index (κ3) is 5.52. The number of alkyl halides is 1. The van der Waals surface area contributed by atoms with Gasteiger partial charge in [-0.15, -0.1) is 0 Å². The van der Waals surface area contributed by atoms with E-state index in [4.69, 9.17) is 4.74 Å². The monoisotopic (exact) mass is 342 g/mol. The van der Waals surface area contributed by atoms with E-state index in [9.17, 15) is 8.42 Å². The zero-order valence-electron chi connectivity index (χ0n) is 11.1. The van der Waals surface area contributed by atoms with E-state index in [2.05, 4.69) is 27.6 Å². The Hall–Kier alpha value is 0.310. The summed E-state index contributed by atoms with van der Waals surface area (Å²) in [6.45, 7) is 4.38. The average Bonchev–Trinajstić information content (AvgIpc) is 2.29. The second-order valence-electron chi connectivity index (χ2n) is 4.85. The number of halogens is 1. The first-order chi connectivity index (χ1) is 8.45. The first-order valence-electron chi connectivity index (χ1n) is 6.33. The van der Waals surface area contributed by atoms with Gasteiger partial charge in [-0.25, -0.2) is 4.72 Å². The molecule has 0 aromatic rings. The molecule has 1 aliphatic heterocycles. The molecule has 0 aliphatic carbocycles. The van der Waals surface area contributed by atoms with Crippen LogP contribution in [-0.2, 0) is 14.9 Å². The van der Waals surface area contributed by atoms with Gasteiger partial charge in [0.05, 0.1) is 6.61 Å². The Kier molecular flexibility index (Phi) is 7.08. The molecule has 0 spiro atoms. The highest BCUT2D eigenvalue weighted by atomic mass is 79.9. The second kappa shape index (κ2) is 7.79. The molecule has 2 unspecified atom stereocenters. The molecule has 0 bridgehead atoms. The number of nitrogens with one attached hydrogen (secondary N) is 1. The van der Waals surface area contributed by atoms with E-state index in [0.29, 0.717) is 32.2 Å². The molecule has 1 rings (SSSR count). The van der Waals surface area contributed by atoms with Crippen molar-refractivity contribution in [3.05, 3.63) is 0 Å². The van der Waals surface area contributed by atoms with Crippen LogP contribution in [0.15, 0.2) is 0 Å². The van der Waals surface area contributed by atoms with Crippen LogP contribution in [0, 0.1) is 5.92 Å². The van der Waals surface area contributed by atoms with Gasteiger partial charge in [0, 0.05) is 31.6 Å². The van der Waals surface area contributed by atoms with Gasteiger partial charge in [0.2, 0.25) is 0 Å². The third-order valence-corrected chi connectivity index (χ3v) is 5.35. The van der Waals surface area contributed by atoms with Gasteiger partial charge in [-0.05, 0) is 25.2 Å². The minimum absolute atomic E-state index is 0.186. The smallest absolute Gasteiger partial charge is 0.279 e. The van der Waals surface area contributed by atoms with Crippen LogP contribution in [0.5, 0.6) is 0 Å². The molecule has 0 aromatic heterocycles. The topological polar surface area (TPSA) is 58.6 Å². The molecular formula is C11H23BrN2O3S. The molecule has 0 amide bonds. The highest BCUT2D eigenvalue weighted by Gasteiger charge is 2.26. The maximum Gasteiger partial charge on any atom is 0.279 e. The second-order valence-corrected chi connectivity index (χ2v) is 7.90. The summed E-state index contributed by atoms with van der Waals surface area (Å²) < 4.78 is 33.3. The number of nitrogens with zero attached hydrogens (tertiary/aromatic N) is 1. The van der Waals surface area contributed by atoms with Gasteiger partial charge >= 0.3 is 0 Å². The fourth-order valence-electron chi connectivity index (χ4n) is 2.06. The molecule has 108 valence electrons. The van der Waals surface area contributed by atoms with Crippen molar-refractivity contribution in [3.63, 3.8) is 0 Å². The van der Waals surface area contributed by atoms with Gasteiger partial charge in [0.25, 0.3) is 10.2 Å². The summed E-state index contributed by atoms with van der Waals surface area (Å²) in [4.78, 5) is 0.186. The van der Waals surface area contributed by atoms with Gasteiger partial charge in [-0.2, -0.15) is 12.7 Å². The highest BCUT2D eigenvalue weighted by molar-refractivity contribution is 9.09. The van der Waals surface area contributed by atoms with Crippen molar-refractivity contribution < 1.29 is 13.2 Å². The molecule has 0 radical (unpaired) electrons. The molecule has 1 saturated heterocycles. The van der Waals surface area contributed by atoms with Crippen LogP contribution in [0.1, 0.15) is 26.2 Å². The van der Waals surface area contributed by atoms with Crippen LogP contribution in [0.4, 0.5) is 0 Å². The summed E-state index contributed by atoms with van der Waals surface area (Å²) in [7, 11) is -1.67. The van der Waals surface area contributed by atoms with Crippen molar-refractivity contribution in [1.29, 1.82) is 0 Å². The van der Waals surface area contributed by atoms with E-state index >= 15 is 0 Å². The van der Waals surface area contributed by atoms with Gasteiger partial charge in [0.1, 0.15) is 0 Å². The first kappa shape index (κ1) is 16.4. The van der Waals surface area contributed by atoms with E-state index < -0.39 is 10.2 Å². The summed E-state index contributed by atoms with van der Waals surface area (Å²) >= 11 is 3.44. The molecule has 1 aliphatic rings. The number of rotatable bonds is 7. The molecule has 1 fully saturated rings. The van der Waals surface area contributed by atoms with Crippen LogP contribution < -0.4 is 4.72 Å². The molecule has 7 heteroatoms. The molecule has 0 aromatic carbocycles. The number of hydrogen-bond donors (Lipinski definition) is 1. The lowest BCUT2D eigenvalue weighted by Gasteiger charge is -2.30. The summed E-state index contributed by atoms with van der Waals surface area (Å²) in [5, 5.41) is 0. The maximum atomic E-state index is 12.0. The molecule has 18 heavy (non-hydrogen) atoms. The molecular weight excluding hydrogens is 320 g/mol. The zero-order valence-corrected chi connectivity index (χ0v) is 13.5. The molecule has 2 atom stereocenters. The van der Waals surface area contributed by atoms with Crippen molar-refractivity contribution in [1.82, 2.24) is 9.03 Å². The molecule has 5 nitrogen and oxygen atoms in total. The van der Waals surface area contributed by atoms with Crippen molar-refractivity contribution in [2.75, 3.05) is 33.4 Å². The Balaban J connectivity index is 2.35. The van der Waals surface area contributed by atoms with Gasteiger partial charge in [0.15, 0.2) is 0 Å². The maximum absolute atomic E-state index is 12.0. The minimum Gasteiger partial charge on any atom is -0.384 e. The van der Waals surface area contributed by atoms with E-state index in [0.717, 1.165) is 19.3 Å². The summed E-state index contributed by atoms with van der Waals surface area (Å²) in [5.74, 6) is 0.452. The Morgan fingerprint density at radius 3 is 2.89 bits per heavy atom. The third-order valence-electron chi connectivity index (χ3n) is 3.05. The van der Waals surface area contributed by atoms with Crippen molar-refractivity contribution in [2.24, 2.45) is 5.92 Å². The normalized spacial score (nSPS) is 24.1. The number of piperidine rings is 1. The van der Waals surface area contributed by atoms with Crippen LogP contribution in [0.2, 0.25) is 0 Å². The fraction of sp³-hybridized carbons (Fsp3) is 1.00. The Bertz CT molecular complexity index is 337. The quantitative estimate of drug-likeness (QED) is 0.710. The van der Waals surface area contributed by atoms with E-state index in [1.54, 1.807) is 11.4 Å². The lowest BCUT2D eigenvalue weighted by molar-refractivity contribution is 0.198. The molecule has 0 saturated carbocycles. The number of hydrogen-bond acceptors (Lipinski definition) is 3. The summed E-state index contributed by atoms with van der Waals surface area (Å²) in [6, 6.07) is 0. The van der Waals surface area contributed by atoms with E-state index in [-0.39, 0.29) is 4.83 Å². The number of ether oxygens (including phenoxy) is 1. The van der Waals surface area contributed by atoms with Crippen LogP contribution in [-0.4, -0.2) is 50.9 Å². The standard InChI is InChI=1S/C11H23BrN2O3S/c1-10-4-3-7-14(8-10)18(15,16)13-6-5-11(12)9-17-2/h10-11,13H,3-9H2,1-2H3. The SMILES string of the molecule is COCC(Br)CCNS(=O)(=O)N1CCCC(C)C1. The van der Waals surface area contributed by atoms with Crippen LogP contribution >= 0.6 is 15.9 Å². The zero-order chi connectivity index (χ0) is 13.6. The van der Waals surface area contributed by atoms with Crippen molar-refractivity contribution in [3.8, 4) is 0 Å². The van der Waals surface area contributed by atoms with Crippen LogP contribution in [0.25, 0.3) is 0 Å². The van der Waals surface area contributed by atoms with Crippen molar-refractivity contribution in [2.45, 2.75) is 31.0 Å². The van der Waals surface area contributed by atoms with E-state index in [1.165, 1.54) is 0 Å². The average molecular weight is 343 g/mol. The van der Waals surface area contributed by atoms with Gasteiger partial charge in [-0.3, -0.25) is 0 Å². The van der Waals surface area contributed by atoms with E-state index in [1.807, 2.05) is 0 Å². The summed E-state index contributed by atoms with van der Waals surface area (Å²) in [5.41, 5.74) is 0. The first-order valence-corrected chi connectivity index (χ1v) is 8.69.